The van der Waals surface area contributed by atoms with Crippen LogP contribution in [0.2, 0.25) is 0 Å². The number of aldehydes is 1. The summed E-state index contributed by atoms with van der Waals surface area (Å²) < 4.78 is 23.1. The standard InChI is InChI=1S/C21H20FNO5/c1-27-20(25)15-4-8-18(9-5-15)28-21(26)23-11-10-19(16(12-23)13-24)14-2-6-17(22)7-3-14/h2-9,13,16,19H,10-12H2,1H3/t16-,19-/m1/s1. The highest BCUT2D eigenvalue weighted by Crippen LogP contribution is 2.32. The van der Waals surface area contributed by atoms with E-state index in [0.717, 1.165) is 11.8 Å². The first-order valence-electron chi connectivity index (χ1n) is 8.87. The van der Waals surface area contributed by atoms with Gasteiger partial charge in [0.1, 0.15) is 17.9 Å². The lowest BCUT2D eigenvalue weighted by Gasteiger charge is -2.35. The second kappa shape index (κ2) is 8.65. The van der Waals surface area contributed by atoms with E-state index >= 15 is 0 Å². The van der Waals surface area contributed by atoms with E-state index in [1.54, 1.807) is 12.1 Å². The highest BCUT2D eigenvalue weighted by atomic mass is 19.1. The topological polar surface area (TPSA) is 72.9 Å². The van der Waals surface area contributed by atoms with Gasteiger partial charge in [-0.2, -0.15) is 0 Å². The average Bonchev–Trinajstić information content (AvgIpc) is 2.73. The number of ether oxygens (including phenoxy) is 2. The number of esters is 1. The lowest BCUT2D eigenvalue weighted by atomic mass is 9.81. The van der Waals surface area contributed by atoms with E-state index in [4.69, 9.17) is 4.74 Å². The molecule has 1 amide bonds. The van der Waals surface area contributed by atoms with Crippen molar-refractivity contribution < 1.29 is 28.2 Å². The number of rotatable bonds is 4. The molecule has 0 bridgehead atoms. The lowest BCUT2D eigenvalue weighted by Crippen LogP contribution is -2.44. The molecule has 1 aliphatic heterocycles. The summed E-state index contributed by atoms with van der Waals surface area (Å²) in [7, 11) is 1.29. The third kappa shape index (κ3) is 4.36. The normalized spacial score (nSPS) is 19.0. The van der Waals surface area contributed by atoms with Crippen molar-refractivity contribution in [2.24, 2.45) is 5.92 Å². The quantitative estimate of drug-likeness (QED) is 0.596. The average molecular weight is 385 g/mol. The lowest BCUT2D eigenvalue weighted by molar-refractivity contribution is -0.112. The van der Waals surface area contributed by atoms with E-state index in [1.165, 1.54) is 48.4 Å². The molecule has 0 spiro atoms. The Morgan fingerprint density at radius 1 is 1.11 bits per heavy atom. The molecule has 1 heterocycles. The van der Waals surface area contributed by atoms with Crippen molar-refractivity contribution in [3.05, 3.63) is 65.5 Å². The van der Waals surface area contributed by atoms with Crippen LogP contribution in [0.4, 0.5) is 9.18 Å². The van der Waals surface area contributed by atoms with Crippen molar-refractivity contribution in [1.82, 2.24) is 4.90 Å². The molecule has 1 fully saturated rings. The van der Waals surface area contributed by atoms with Gasteiger partial charge in [0, 0.05) is 19.0 Å². The predicted molar refractivity (Wildman–Crippen MR) is 98.7 cm³/mol. The van der Waals surface area contributed by atoms with Crippen LogP contribution in [0.25, 0.3) is 0 Å². The van der Waals surface area contributed by atoms with Gasteiger partial charge < -0.3 is 19.2 Å². The minimum absolute atomic E-state index is 0.0681. The van der Waals surface area contributed by atoms with Crippen LogP contribution in [0.1, 0.15) is 28.3 Å². The van der Waals surface area contributed by atoms with Gasteiger partial charge in [-0.25, -0.2) is 14.0 Å². The second-order valence-electron chi connectivity index (χ2n) is 6.58. The van der Waals surface area contributed by atoms with Gasteiger partial charge in [0.25, 0.3) is 0 Å². The number of hydrogen-bond acceptors (Lipinski definition) is 5. The highest BCUT2D eigenvalue weighted by molar-refractivity contribution is 5.89. The molecule has 2 aromatic carbocycles. The summed E-state index contributed by atoms with van der Waals surface area (Å²) in [6, 6.07) is 12.1. The monoisotopic (exact) mass is 385 g/mol. The number of nitrogens with zero attached hydrogens (tertiary/aromatic N) is 1. The largest absolute Gasteiger partial charge is 0.465 e. The Kier molecular flexibility index (Phi) is 6.03. The summed E-state index contributed by atoms with van der Waals surface area (Å²) in [5.74, 6) is -0.976. The van der Waals surface area contributed by atoms with Gasteiger partial charge in [-0.15, -0.1) is 0 Å². The third-order valence-electron chi connectivity index (χ3n) is 4.87. The van der Waals surface area contributed by atoms with Crippen molar-refractivity contribution in [1.29, 1.82) is 0 Å². The van der Waals surface area contributed by atoms with Gasteiger partial charge in [-0.05, 0) is 54.3 Å². The molecule has 28 heavy (non-hydrogen) atoms. The number of halogens is 1. The van der Waals surface area contributed by atoms with Crippen LogP contribution in [0.3, 0.4) is 0 Å². The van der Waals surface area contributed by atoms with E-state index in [1.807, 2.05) is 0 Å². The Bertz CT molecular complexity index is 850. The van der Waals surface area contributed by atoms with Crippen molar-refractivity contribution in [3.8, 4) is 5.75 Å². The smallest absolute Gasteiger partial charge is 0.415 e. The van der Waals surface area contributed by atoms with Crippen LogP contribution in [0, 0.1) is 11.7 Å². The van der Waals surface area contributed by atoms with Crippen LogP contribution in [0.15, 0.2) is 48.5 Å². The molecule has 7 heteroatoms. The molecule has 2 atom stereocenters. The summed E-state index contributed by atoms with van der Waals surface area (Å²) in [6.07, 6.45) is 0.847. The first-order chi connectivity index (χ1) is 13.5. The molecular formula is C21H20FNO5. The molecule has 0 aromatic heterocycles. The van der Waals surface area contributed by atoms with Gasteiger partial charge in [0.05, 0.1) is 12.7 Å². The fourth-order valence-electron chi connectivity index (χ4n) is 3.35. The van der Waals surface area contributed by atoms with Gasteiger partial charge in [0.2, 0.25) is 0 Å². The van der Waals surface area contributed by atoms with E-state index in [9.17, 15) is 18.8 Å². The van der Waals surface area contributed by atoms with E-state index in [0.29, 0.717) is 24.3 Å². The number of benzene rings is 2. The fourth-order valence-corrected chi connectivity index (χ4v) is 3.35. The molecule has 0 aliphatic carbocycles. The highest BCUT2D eigenvalue weighted by Gasteiger charge is 2.33. The molecule has 2 aromatic rings. The number of amides is 1. The van der Waals surface area contributed by atoms with E-state index in [2.05, 4.69) is 4.74 Å². The fraction of sp³-hybridized carbons (Fsp3) is 0.286. The molecular weight excluding hydrogens is 365 g/mol. The zero-order valence-electron chi connectivity index (χ0n) is 15.3. The second-order valence-corrected chi connectivity index (χ2v) is 6.58. The number of methoxy groups -OCH3 is 1. The van der Waals surface area contributed by atoms with Crippen LogP contribution >= 0.6 is 0 Å². The van der Waals surface area contributed by atoms with Crippen molar-refractivity contribution >= 4 is 18.3 Å². The van der Waals surface area contributed by atoms with Crippen LogP contribution < -0.4 is 4.74 Å². The van der Waals surface area contributed by atoms with Gasteiger partial charge in [-0.3, -0.25) is 0 Å². The minimum Gasteiger partial charge on any atom is -0.465 e. The maximum atomic E-state index is 13.1. The number of piperidine rings is 1. The molecule has 0 N–H and O–H groups in total. The van der Waals surface area contributed by atoms with E-state index < -0.39 is 18.0 Å². The Morgan fingerprint density at radius 2 is 1.79 bits per heavy atom. The van der Waals surface area contributed by atoms with Gasteiger partial charge >= 0.3 is 12.1 Å². The molecule has 146 valence electrons. The maximum Gasteiger partial charge on any atom is 0.415 e. The first kappa shape index (κ1) is 19.5. The summed E-state index contributed by atoms with van der Waals surface area (Å²) in [5.41, 5.74) is 1.23. The molecule has 0 unspecified atom stereocenters. The molecule has 6 nitrogen and oxygen atoms in total. The van der Waals surface area contributed by atoms with Crippen molar-refractivity contribution in [2.45, 2.75) is 12.3 Å². The molecule has 0 saturated carbocycles. The zero-order valence-corrected chi connectivity index (χ0v) is 15.3. The van der Waals surface area contributed by atoms with Crippen molar-refractivity contribution in [2.75, 3.05) is 20.2 Å². The number of hydrogen-bond donors (Lipinski definition) is 0. The molecule has 1 saturated heterocycles. The zero-order chi connectivity index (χ0) is 20.1. The summed E-state index contributed by atoms with van der Waals surface area (Å²) in [5, 5.41) is 0. The SMILES string of the molecule is COC(=O)c1ccc(OC(=O)N2CC[C@H](c3ccc(F)cc3)[C@@H](C=O)C2)cc1. The number of carbonyl (C=O) groups is 3. The Hall–Kier alpha value is -3.22. The number of likely N-dealkylation sites (tertiary alicyclic amines) is 1. The Balaban J connectivity index is 1.63. The Labute approximate surface area is 161 Å². The number of carbonyl (C=O) groups excluding carboxylic acids is 3. The summed E-state index contributed by atoms with van der Waals surface area (Å²) >= 11 is 0. The third-order valence-corrected chi connectivity index (χ3v) is 4.87. The maximum absolute atomic E-state index is 13.1. The van der Waals surface area contributed by atoms with Crippen LogP contribution in [-0.2, 0) is 9.53 Å². The predicted octanol–water partition coefficient (Wildman–Crippen LogP) is 3.42. The molecule has 0 radical (unpaired) electrons. The van der Waals surface area contributed by atoms with Crippen LogP contribution in [0.5, 0.6) is 5.75 Å². The minimum atomic E-state index is -0.560. The molecule has 3 rings (SSSR count). The Morgan fingerprint density at radius 3 is 2.39 bits per heavy atom. The summed E-state index contributed by atoms with van der Waals surface area (Å²) in [4.78, 5) is 36.9. The molecule has 1 aliphatic rings. The van der Waals surface area contributed by atoms with Gasteiger partial charge in [0.15, 0.2) is 0 Å². The summed E-state index contributed by atoms with van der Waals surface area (Å²) in [6.45, 7) is 0.649. The van der Waals surface area contributed by atoms with Crippen LogP contribution in [-0.4, -0.2) is 43.4 Å². The van der Waals surface area contributed by atoms with Crippen molar-refractivity contribution in [3.63, 3.8) is 0 Å². The van der Waals surface area contributed by atoms with Gasteiger partial charge in [-0.1, -0.05) is 12.1 Å². The van der Waals surface area contributed by atoms with E-state index in [-0.39, 0.29) is 18.3 Å². The first-order valence-corrected chi connectivity index (χ1v) is 8.87.